The maximum atomic E-state index is 12.3. The van der Waals surface area contributed by atoms with Crippen LogP contribution in [0.5, 0.6) is 0 Å². The van der Waals surface area contributed by atoms with Crippen LogP contribution in [0.3, 0.4) is 0 Å². The first kappa shape index (κ1) is 14.8. The first-order valence-corrected chi connectivity index (χ1v) is 7.50. The van der Waals surface area contributed by atoms with Crippen LogP contribution in [-0.2, 0) is 9.53 Å². The Balaban J connectivity index is 1.78. The van der Waals surface area contributed by atoms with E-state index in [0.29, 0.717) is 19.3 Å². The molecule has 0 saturated carbocycles. The second kappa shape index (κ2) is 7.22. The summed E-state index contributed by atoms with van der Waals surface area (Å²) in [5, 5.41) is 6.61. The maximum absolute atomic E-state index is 12.3. The Morgan fingerprint density at radius 1 is 1.32 bits per heavy atom. The van der Waals surface area contributed by atoms with Crippen molar-refractivity contribution < 1.29 is 9.53 Å². The molecule has 0 bridgehead atoms. The zero-order chi connectivity index (χ0) is 13.7. The van der Waals surface area contributed by atoms with Crippen molar-refractivity contribution in [2.45, 2.75) is 38.3 Å². The molecule has 0 spiro atoms. The summed E-state index contributed by atoms with van der Waals surface area (Å²) in [6.45, 7) is 6.45. The molecule has 2 aliphatic rings. The zero-order valence-corrected chi connectivity index (χ0v) is 12.2. The molecule has 2 aliphatic heterocycles. The quantitative estimate of drug-likeness (QED) is 0.749. The fraction of sp³-hybridized carbons (Fsp3) is 0.929. The van der Waals surface area contributed by atoms with Gasteiger partial charge in [-0.25, -0.2) is 0 Å². The van der Waals surface area contributed by atoms with Gasteiger partial charge in [0, 0.05) is 12.1 Å². The summed E-state index contributed by atoms with van der Waals surface area (Å²) in [6.07, 6.45) is 3.20. The molecule has 0 radical (unpaired) electrons. The Hall–Kier alpha value is -0.650. The minimum Gasteiger partial charge on any atom is -0.379 e. The van der Waals surface area contributed by atoms with E-state index in [0.717, 1.165) is 38.9 Å². The van der Waals surface area contributed by atoms with Gasteiger partial charge in [0.2, 0.25) is 5.91 Å². The molecular weight excluding hydrogens is 242 g/mol. The highest BCUT2D eigenvalue weighted by molar-refractivity contribution is 5.80. The van der Waals surface area contributed by atoms with Crippen LogP contribution in [0.25, 0.3) is 0 Å². The fourth-order valence-corrected chi connectivity index (χ4v) is 2.80. The van der Waals surface area contributed by atoms with Gasteiger partial charge < -0.3 is 20.3 Å². The number of carbonyl (C=O) groups is 1. The third-order valence-corrected chi connectivity index (χ3v) is 4.14. The maximum Gasteiger partial charge on any atom is 0.227 e. The lowest BCUT2D eigenvalue weighted by atomic mass is 10.00. The average molecular weight is 269 g/mol. The van der Waals surface area contributed by atoms with Crippen LogP contribution in [0, 0.1) is 5.92 Å². The summed E-state index contributed by atoms with van der Waals surface area (Å²) >= 11 is 0. The Bertz CT molecular complexity index is 290. The Morgan fingerprint density at radius 2 is 2.05 bits per heavy atom. The molecule has 19 heavy (non-hydrogen) atoms. The molecule has 0 aromatic rings. The molecular formula is C14H27N3O2. The molecule has 2 atom stereocenters. The van der Waals surface area contributed by atoms with Crippen molar-refractivity contribution in [1.29, 1.82) is 0 Å². The summed E-state index contributed by atoms with van der Waals surface area (Å²) in [5.74, 6) is 0.145. The third kappa shape index (κ3) is 4.16. The summed E-state index contributed by atoms with van der Waals surface area (Å²) in [4.78, 5) is 14.6. The second-order valence-electron chi connectivity index (χ2n) is 5.79. The van der Waals surface area contributed by atoms with Gasteiger partial charge in [-0.1, -0.05) is 6.92 Å². The van der Waals surface area contributed by atoms with E-state index in [9.17, 15) is 4.79 Å². The standard InChI is InChI=1S/C14H27N3O2/c1-3-6-15-13-10-19-9-12(13)14(18)16-11-4-7-17(2)8-5-11/h11-13,15H,3-10H2,1-2H3,(H,16,18). The predicted molar refractivity (Wildman–Crippen MR) is 75.1 cm³/mol. The number of nitrogens with zero attached hydrogens (tertiary/aromatic N) is 1. The molecule has 5 nitrogen and oxygen atoms in total. The van der Waals surface area contributed by atoms with E-state index < -0.39 is 0 Å². The van der Waals surface area contributed by atoms with Gasteiger partial charge >= 0.3 is 0 Å². The van der Waals surface area contributed by atoms with Crippen LogP contribution in [0.4, 0.5) is 0 Å². The molecule has 1 amide bonds. The lowest BCUT2D eigenvalue weighted by molar-refractivity contribution is -0.126. The van der Waals surface area contributed by atoms with Gasteiger partial charge in [0.05, 0.1) is 19.1 Å². The van der Waals surface area contributed by atoms with E-state index >= 15 is 0 Å². The highest BCUT2D eigenvalue weighted by Gasteiger charge is 2.34. The average Bonchev–Trinajstić information content (AvgIpc) is 2.87. The molecule has 0 aromatic heterocycles. The summed E-state index contributed by atoms with van der Waals surface area (Å²) in [7, 11) is 2.13. The van der Waals surface area contributed by atoms with Crippen LogP contribution in [0.2, 0.25) is 0 Å². The highest BCUT2D eigenvalue weighted by atomic mass is 16.5. The first-order valence-electron chi connectivity index (χ1n) is 7.50. The summed E-state index contributed by atoms with van der Waals surface area (Å²) < 4.78 is 5.46. The number of likely N-dealkylation sites (tertiary alicyclic amines) is 1. The first-order chi connectivity index (χ1) is 9.20. The number of amides is 1. The molecule has 2 unspecified atom stereocenters. The molecule has 0 aromatic carbocycles. The highest BCUT2D eigenvalue weighted by Crippen LogP contribution is 2.16. The monoisotopic (exact) mass is 269 g/mol. The minimum atomic E-state index is -0.0220. The van der Waals surface area contributed by atoms with Crippen molar-refractivity contribution in [3.05, 3.63) is 0 Å². The molecule has 0 aliphatic carbocycles. The van der Waals surface area contributed by atoms with E-state index in [4.69, 9.17) is 4.74 Å². The molecule has 2 N–H and O–H groups in total. The summed E-state index contributed by atoms with van der Waals surface area (Å²) in [5.41, 5.74) is 0. The lowest BCUT2D eigenvalue weighted by Gasteiger charge is -2.30. The van der Waals surface area contributed by atoms with Gasteiger partial charge in [-0.15, -0.1) is 0 Å². The molecule has 110 valence electrons. The lowest BCUT2D eigenvalue weighted by Crippen LogP contribution is -2.49. The van der Waals surface area contributed by atoms with Crippen molar-refractivity contribution in [2.24, 2.45) is 5.92 Å². The van der Waals surface area contributed by atoms with Gasteiger partial charge in [-0.3, -0.25) is 4.79 Å². The molecule has 2 heterocycles. The molecule has 2 fully saturated rings. The van der Waals surface area contributed by atoms with Crippen LogP contribution in [0.15, 0.2) is 0 Å². The van der Waals surface area contributed by atoms with E-state index in [2.05, 4.69) is 29.5 Å². The van der Waals surface area contributed by atoms with Crippen LogP contribution in [-0.4, -0.2) is 62.8 Å². The number of piperidine rings is 1. The van der Waals surface area contributed by atoms with Gasteiger partial charge in [0.1, 0.15) is 0 Å². The smallest absolute Gasteiger partial charge is 0.227 e. The normalized spacial score (nSPS) is 29.6. The third-order valence-electron chi connectivity index (χ3n) is 4.14. The van der Waals surface area contributed by atoms with Crippen molar-refractivity contribution in [3.8, 4) is 0 Å². The SMILES string of the molecule is CCCNC1COCC1C(=O)NC1CCN(C)CC1. The Morgan fingerprint density at radius 3 is 2.74 bits per heavy atom. The van der Waals surface area contributed by atoms with Gasteiger partial charge in [0.15, 0.2) is 0 Å². The van der Waals surface area contributed by atoms with Crippen molar-refractivity contribution in [2.75, 3.05) is 39.9 Å². The van der Waals surface area contributed by atoms with Crippen LogP contribution >= 0.6 is 0 Å². The van der Waals surface area contributed by atoms with E-state index in [1.54, 1.807) is 0 Å². The van der Waals surface area contributed by atoms with E-state index in [1.807, 2.05) is 0 Å². The number of hydrogen-bond acceptors (Lipinski definition) is 4. The fourth-order valence-electron chi connectivity index (χ4n) is 2.80. The Labute approximate surface area is 116 Å². The summed E-state index contributed by atoms with van der Waals surface area (Å²) in [6, 6.07) is 0.530. The second-order valence-corrected chi connectivity index (χ2v) is 5.79. The van der Waals surface area contributed by atoms with Crippen molar-refractivity contribution in [1.82, 2.24) is 15.5 Å². The number of ether oxygens (including phenoxy) is 1. The van der Waals surface area contributed by atoms with Gasteiger partial charge in [-0.05, 0) is 45.9 Å². The topological polar surface area (TPSA) is 53.6 Å². The number of hydrogen-bond donors (Lipinski definition) is 2. The number of nitrogens with one attached hydrogen (secondary N) is 2. The largest absolute Gasteiger partial charge is 0.379 e. The predicted octanol–water partition coefficient (Wildman–Crippen LogP) is 0.211. The molecule has 2 saturated heterocycles. The van der Waals surface area contributed by atoms with E-state index in [1.165, 1.54) is 0 Å². The van der Waals surface area contributed by atoms with Crippen LogP contribution in [0.1, 0.15) is 26.2 Å². The van der Waals surface area contributed by atoms with Crippen LogP contribution < -0.4 is 10.6 Å². The van der Waals surface area contributed by atoms with Crippen molar-refractivity contribution in [3.63, 3.8) is 0 Å². The van der Waals surface area contributed by atoms with E-state index in [-0.39, 0.29) is 17.9 Å². The molecule has 5 heteroatoms. The Kier molecular flexibility index (Phi) is 5.60. The zero-order valence-electron chi connectivity index (χ0n) is 12.2. The van der Waals surface area contributed by atoms with Crippen molar-refractivity contribution >= 4 is 5.91 Å². The van der Waals surface area contributed by atoms with Gasteiger partial charge in [-0.2, -0.15) is 0 Å². The van der Waals surface area contributed by atoms with Gasteiger partial charge in [0.25, 0.3) is 0 Å². The number of carbonyl (C=O) groups excluding carboxylic acids is 1. The number of rotatable bonds is 5. The molecule has 2 rings (SSSR count). The minimum absolute atomic E-state index is 0.0220.